The summed E-state index contributed by atoms with van der Waals surface area (Å²) in [4.78, 5) is 5.06. The molecule has 2 aliphatic rings. The van der Waals surface area contributed by atoms with Gasteiger partial charge in [0.1, 0.15) is 0 Å². The molecule has 0 aromatic rings. The molecular weight excluding hydrogens is 240 g/mol. The van der Waals surface area contributed by atoms with Gasteiger partial charge in [0.05, 0.1) is 12.7 Å². The zero-order valence-corrected chi connectivity index (χ0v) is 12.6. The number of nitrogens with zero attached hydrogens (tertiary/aromatic N) is 2. The second-order valence-electron chi connectivity index (χ2n) is 6.24. The number of rotatable bonds is 5. The number of morpholine rings is 1. The van der Waals surface area contributed by atoms with Crippen LogP contribution in [0.3, 0.4) is 0 Å². The van der Waals surface area contributed by atoms with Crippen molar-refractivity contribution in [2.45, 2.75) is 57.7 Å². The summed E-state index contributed by atoms with van der Waals surface area (Å²) in [5.74, 6) is 0. The van der Waals surface area contributed by atoms with Crippen molar-refractivity contribution < 1.29 is 9.84 Å². The number of hydrogen-bond acceptors (Lipinski definition) is 4. The van der Waals surface area contributed by atoms with Crippen molar-refractivity contribution in [3.05, 3.63) is 0 Å². The number of piperidine rings is 1. The van der Waals surface area contributed by atoms with Crippen molar-refractivity contribution in [1.82, 2.24) is 9.80 Å². The van der Waals surface area contributed by atoms with Crippen LogP contribution in [0.5, 0.6) is 0 Å². The molecule has 2 fully saturated rings. The minimum atomic E-state index is 0.310. The van der Waals surface area contributed by atoms with Gasteiger partial charge >= 0.3 is 0 Å². The van der Waals surface area contributed by atoms with Crippen LogP contribution in [0, 0.1) is 0 Å². The minimum absolute atomic E-state index is 0.310. The Bertz CT molecular complexity index is 259. The lowest BCUT2D eigenvalue weighted by Gasteiger charge is -2.41. The fraction of sp³-hybridized carbons (Fsp3) is 1.00. The molecule has 0 saturated carbocycles. The van der Waals surface area contributed by atoms with E-state index in [9.17, 15) is 5.11 Å². The molecule has 2 rings (SSSR count). The number of ether oxygens (including phenoxy) is 1. The van der Waals surface area contributed by atoms with Crippen LogP contribution in [0.15, 0.2) is 0 Å². The fourth-order valence-electron chi connectivity index (χ4n) is 3.36. The Morgan fingerprint density at radius 2 is 2.11 bits per heavy atom. The first-order valence-electron chi connectivity index (χ1n) is 7.91. The zero-order valence-electron chi connectivity index (χ0n) is 12.6. The highest BCUT2D eigenvalue weighted by molar-refractivity contribution is 4.82. The van der Waals surface area contributed by atoms with Gasteiger partial charge in [0.15, 0.2) is 0 Å². The number of hydrogen-bond donors (Lipinski definition) is 1. The quantitative estimate of drug-likeness (QED) is 0.818. The van der Waals surface area contributed by atoms with Crippen LogP contribution in [0.1, 0.15) is 39.5 Å². The Balaban J connectivity index is 1.84. The Kier molecular flexibility index (Phi) is 6.07. The molecule has 0 radical (unpaired) electrons. The molecule has 0 aromatic heterocycles. The Hall–Kier alpha value is -0.160. The van der Waals surface area contributed by atoms with Crippen LogP contribution in [0.2, 0.25) is 0 Å². The molecular formula is C15H30N2O2. The van der Waals surface area contributed by atoms with Gasteiger partial charge in [-0.15, -0.1) is 0 Å². The van der Waals surface area contributed by atoms with Gasteiger partial charge in [-0.1, -0.05) is 6.42 Å². The maximum absolute atomic E-state index is 9.19. The van der Waals surface area contributed by atoms with Gasteiger partial charge in [0, 0.05) is 38.3 Å². The summed E-state index contributed by atoms with van der Waals surface area (Å²) < 4.78 is 5.94. The Morgan fingerprint density at radius 3 is 2.84 bits per heavy atom. The van der Waals surface area contributed by atoms with Gasteiger partial charge in [-0.2, -0.15) is 0 Å². The van der Waals surface area contributed by atoms with Crippen LogP contribution in [0.4, 0.5) is 0 Å². The molecule has 2 heterocycles. The third kappa shape index (κ3) is 4.42. The molecule has 2 aliphatic heterocycles. The molecule has 2 atom stereocenters. The van der Waals surface area contributed by atoms with E-state index in [1.54, 1.807) is 0 Å². The Morgan fingerprint density at radius 1 is 1.26 bits per heavy atom. The summed E-state index contributed by atoms with van der Waals surface area (Å²) in [6.45, 7) is 10.0. The van der Waals surface area contributed by atoms with Crippen molar-refractivity contribution in [3.63, 3.8) is 0 Å². The normalized spacial score (nSPS) is 30.9. The lowest BCUT2D eigenvalue weighted by molar-refractivity contribution is -0.0611. The van der Waals surface area contributed by atoms with Crippen molar-refractivity contribution in [2.24, 2.45) is 0 Å². The molecule has 4 nitrogen and oxygen atoms in total. The van der Waals surface area contributed by atoms with Gasteiger partial charge in [-0.3, -0.25) is 9.80 Å². The summed E-state index contributed by atoms with van der Waals surface area (Å²) in [6.07, 6.45) is 5.10. The molecule has 19 heavy (non-hydrogen) atoms. The third-order valence-corrected chi connectivity index (χ3v) is 4.55. The molecule has 0 aromatic carbocycles. The minimum Gasteiger partial charge on any atom is -0.396 e. The molecule has 1 N–H and O–H groups in total. The van der Waals surface area contributed by atoms with Gasteiger partial charge in [-0.05, 0) is 39.7 Å². The molecule has 2 saturated heterocycles. The van der Waals surface area contributed by atoms with E-state index in [-0.39, 0.29) is 0 Å². The van der Waals surface area contributed by atoms with Crippen molar-refractivity contribution in [2.75, 3.05) is 39.4 Å². The van der Waals surface area contributed by atoms with E-state index < -0.39 is 0 Å². The highest BCUT2D eigenvalue weighted by Gasteiger charge is 2.28. The SMILES string of the molecule is CC(C)N1CCOC(CN2CCCCC2CCO)C1. The highest BCUT2D eigenvalue weighted by atomic mass is 16.5. The van der Waals surface area contributed by atoms with E-state index in [0.717, 1.165) is 32.7 Å². The first-order chi connectivity index (χ1) is 9.20. The van der Waals surface area contributed by atoms with Crippen LogP contribution in [0.25, 0.3) is 0 Å². The number of aliphatic hydroxyl groups is 1. The highest BCUT2D eigenvalue weighted by Crippen LogP contribution is 2.21. The van der Waals surface area contributed by atoms with Crippen molar-refractivity contribution in [3.8, 4) is 0 Å². The maximum atomic E-state index is 9.19. The van der Waals surface area contributed by atoms with Crippen molar-refractivity contribution in [1.29, 1.82) is 0 Å². The van der Waals surface area contributed by atoms with Crippen LogP contribution >= 0.6 is 0 Å². The maximum Gasteiger partial charge on any atom is 0.0829 e. The second-order valence-corrected chi connectivity index (χ2v) is 6.24. The standard InChI is InChI=1S/C15H30N2O2/c1-13(2)16-8-10-19-15(11-16)12-17-7-4-3-5-14(17)6-9-18/h13-15,18H,3-12H2,1-2H3. The molecule has 0 amide bonds. The molecule has 0 spiro atoms. The summed E-state index contributed by atoms with van der Waals surface area (Å²) in [7, 11) is 0. The summed E-state index contributed by atoms with van der Waals surface area (Å²) in [5, 5.41) is 9.19. The summed E-state index contributed by atoms with van der Waals surface area (Å²) >= 11 is 0. The van der Waals surface area contributed by atoms with E-state index in [4.69, 9.17) is 4.74 Å². The molecule has 2 unspecified atom stereocenters. The van der Waals surface area contributed by atoms with Crippen LogP contribution in [-0.4, -0.2) is 72.5 Å². The summed E-state index contributed by atoms with van der Waals surface area (Å²) in [5.41, 5.74) is 0. The molecule has 0 bridgehead atoms. The third-order valence-electron chi connectivity index (χ3n) is 4.55. The van der Waals surface area contributed by atoms with Gasteiger partial charge in [-0.25, -0.2) is 0 Å². The van der Waals surface area contributed by atoms with Crippen LogP contribution < -0.4 is 0 Å². The zero-order chi connectivity index (χ0) is 13.7. The van der Waals surface area contributed by atoms with Crippen molar-refractivity contribution >= 4 is 0 Å². The average Bonchev–Trinajstić information content (AvgIpc) is 2.41. The lowest BCUT2D eigenvalue weighted by atomic mass is 9.99. The fourth-order valence-corrected chi connectivity index (χ4v) is 3.36. The molecule has 0 aliphatic carbocycles. The number of likely N-dealkylation sites (tertiary alicyclic amines) is 1. The van der Waals surface area contributed by atoms with E-state index >= 15 is 0 Å². The van der Waals surface area contributed by atoms with E-state index in [1.165, 1.54) is 25.8 Å². The van der Waals surface area contributed by atoms with Gasteiger partial charge < -0.3 is 9.84 Å². The molecule has 112 valence electrons. The first kappa shape index (κ1) is 15.2. The topological polar surface area (TPSA) is 35.9 Å². The lowest BCUT2D eigenvalue weighted by Crippen LogP contribution is -2.52. The van der Waals surface area contributed by atoms with E-state index in [1.807, 2.05) is 0 Å². The average molecular weight is 270 g/mol. The van der Waals surface area contributed by atoms with E-state index in [2.05, 4.69) is 23.6 Å². The molecule has 4 heteroatoms. The van der Waals surface area contributed by atoms with Crippen LogP contribution in [-0.2, 0) is 4.74 Å². The number of aliphatic hydroxyl groups excluding tert-OH is 1. The predicted molar refractivity (Wildman–Crippen MR) is 77.4 cm³/mol. The van der Waals surface area contributed by atoms with E-state index in [0.29, 0.717) is 24.8 Å². The Labute approximate surface area is 117 Å². The largest absolute Gasteiger partial charge is 0.396 e. The van der Waals surface area contributed by atoms with Gasteiger partial charge in [0.2, 0.25) is 0 Å². The second kappa shape index (κ2) is 7.58. The monoisotopic (exact) mass is 270 g/mol. The smallest absolute Gasteiger partial charge is 0.0829 e. The predicted octanol–water partition coefficient (Wildman–Crippen LogP) is 1.33. The first-order valence-corrected chi connectivity index (χ1v) is 7.91. The van der Waals surface area contributed by atoms with Gasteiger partial charge in [0.25, 0.3) is 0 Å². The summed E-state index contributed by atoms with van der Waals surface area (Å²) in [6, 6.07) is 1.18.